The summed E-state index contributed by atoms with van der Waals surface area (Å²) in [5.41, 5.74) is -1.15. The fourth-order valence-electron chi connectivity index (χ4n) is 6.99. The minimum absolute atomic E-state index is 0.00575. The molecule has 2 aliphatic heterocycles. The summed E-state index contributed by atoms with van der Waals surface area (Å²) in [5.74, 6) is -3.22. The number of aromatic nitrogens is 6. The van der Waals surface area contributed by atoms with Crippen LogP contribution in [0.2, 0.25) is 10.0 Å². The third-order valence-corrected chi connectivity index (χ3v) is 13.3. The molecular weight excluding hydrogens is 1050 g/mol. The lowest BCUT2D eigenvalue weighted by Crippen LogP contribution is -2.32. The number of ether oxygens (including phenoxy) is 2. The lowest BCUT2D eigenvalue weighted by Gasteiger charge is -2.24. The summed E-state index contributed by atoms with van der Waals surface area (Å²) in [6.45, 7) is 0.768. The summed E-state index contributed by atoms with van der Waals surface area (Å²) < 4.78 is 118. The van der Waals surface area contributed by atoms with Crippen LogP contribution >= 0.6 is 23.2 Å². The molecule has 2 aromatic heterocycles. The van der Waals surface area contributed by atoms with Gasteiger partial charge in [0.25, 0.3) is 30.4 Å². The van der Waals surface area contributed by atoms with Gasteiger partial charge in [0.15, 0.2) is 32.8 Å². The van der Waals surface area contributed by atoms with Gasteiger partial charge in [0, 0.05) is 39.1 Å². The van der Waals surface area contributed by atoms with Gasteiger partial charge in [0.1, 0.15) is 38.0 Å². The van der Waals surface area contributed by atoms with Gasteiger partial charge in [0.05, 0.1) is 43.6 Å². The number of anilines is 7. The molecule has 3 aromatic carbocycles. The Hall–Kier alpha value is -5.97. The van der Waals surface area contributed by atoms with Crippen LogP contribution in [-0.2, 0) is 36.8 Å². The van der Waals surface area contributed by atoms with Crippen molar-refractivity contribution in [2.24, 2.45) is 9.98 Å². The zero-order valence-electron chi connectivity index (χ0n) is 36.9. The molecule has 0 saturated heterocycles. The van der Waals surface area contributed by atoms with E-state index >= 15 is 0 Å². The fourth-order valence-corrected chi connectivity index (χ4v) is 9.57. The Morgan fingerprint density at radius 1 is 0.592 bits per heavy atom. The van der Waals surface area contributed by atoms with E-state index in [1.807, 2.05) is 6.92 Å². The van der Waals surface area contributed by atoms with E-state index in [9.17, 15) is 59.3 Å². The Kier molecular flexibility index (Phi) is 16.2. The number of aryl methyl sites for hydroxylation is 1. The predicted molar refractivity (Wildman–Crippen MR) is 253 cm³/mol. The average molecular weight is 1090 g/mol. The lowest BCUT2D eigenvalue weighted by molar-refractivity contribution is 0.279. The van der Waals surface area contributed by atoms with Gasteiger partial charge in [-0.05, 0) is 37.1 Å². The maximum Gasteiger partial charge on any atom is 0.300 e. The number of fused-ring (bicyclic) bond motifs is 4. The van der Waals surface area contributed by atoms with Gasteiger partial charge >= 0.3 is 0 Å². The number of aliphatic hydroxyl groups is 4. The smallest absolute Gasteiger partial charge is 0.300 e. The predicted octanol–water partition coefficient (Wildman–Crippen LogP) is 1.68. The largest absolute Gasteiger partial charge is 0.450 e. The second-order valence-corrected chi connectivity index (χ2v) is 20.1. The summed E-state index contributed by atoms with van der Waals surface area (Å²) in [5, 5.41) is 45.7. The monoisotopic (exact) mass is 1090 g/mol. The van der Waals surface area contributed by atoms with E-state index in [0.29, 0.717) is 13.0 Å². The zero-order valence-corrected chi connectivity index (χ0v) is 40.8. The van der Waals surface area contributed by atoms with E-state index in [2.05, 4.69) is 55.8 Å². The van der Waals surface area contributed by atoms with Crippen LogP contribution in [-0.4, -0.2) is 154 Å². The number of halogens is 2. The molecule has 0 radical (unpaired) electrons. The maximum absolute atomic E-state index is 13.2. The van der Waals surface area contributed by atoms with Crippen molar-refractivity contribution in [2.75, 3.05) is 90.7 Å². The minimum atomic E-state index is -5.27. The van der Waals surface area contributed by atoms with Crippen molar-refractivity contribution in [2.45, 2.75) is 36.0 Å². The van der Waals surface area contributed by atoms with Crippen molar-refractivity contribution in [3.05, 3.63) is 50.8 Å². The van der Waals surface area contributed by atoms with Gasteiger partial charge in [-0.25, -0.2) is 9.98 Å². The Labute approximate surface area is 413 Å². The van der Waals surface area contributed by atoms with Crippen molar-refractivity contribution >= 4 is 106 Å². The number of hydrogen-bond donors (Lipinski definition) is 10. The van der Waals surface area contributed by atoms with Crippen LogP contribution in [0.4, 0.5) is 52.5 Å². The molecular formula is C38H43Cl2N13O15S3. The fraction of sp³-hybridized carbons (Fsp3) is 0.368. The first-order valence-electron chi connectivity index (χ1n) is 21.0. The Bertz CT molecular complexity index is 3340. The first-order chi connectivity index (χ1) is 33.7. The minimum Gasteiger partial charge on any atom is -0.450 e. The Balaban J connectivity index is 1.30. The molecule has 0 amide bonds. The van der Waals surface area contributed by atoms with E-state index in [1.165, 1.54) is 28.0 Å². The van der Waals surface area contributed by atoms with Crippen molar-refractivity contribution in [3.63, 3.8) is 0 Å². The van der Waals surface area contributed by atoms with Crippen molar-refractivity contribution in [3.8, 4) is 23.0 Å². The highest BCUT2D eigenvalue weighted by molar-refractivity contribution is 7.86. The molecule has 0 atom stereocenters. The zero-order chi connectivity index (χ0) is 51.4. The van der Waals surface area contributed by atoms with Crippen LogP contribution in [0.3, 0.4) is 0 Å². The Morgan fingerprint density at radius 2 is 1.03 bits per heavy atom. The van der Waals surface area contributed by atoms with Crippen molar-refractivity contribution < 1.29 is 68.8 Å². The van der Waals surface area contributed by atoms with Crippen LogP contribution in [0.25, 0.3) is 0 Å². The third-order valence-electron chi connectivity index (χ3n) is 9.98. The average Bonchev–Trinajstić information content (AvgIpc) is 3.30. The molecule has 0 fully saturated rings. The van der Waals surface area contributed by atoms with Crippen molar-refractivity contribution in [1.82, 2.24) is 29.9 Å². The normalized spacial score (nSPS) is 12.8. The summed E-state index contributed by atoms with van der Waals surface area (Å²) >= 11 is 13.7. The second-order valence-electron chi connectivity index (χ2n) is 15.0. The Morgan fingerprint density at radius 3 is 1.45 bits per heavy atom. The van der Waals surface area contributed by atoms with E-state index < -0.39 is 76.4 Å². The van der Waals surface area contributed by atoms with Crippen LogP contribution in [0.5, 0.6) is 23.0 Å². The molecule has 71 heavy (non-hydrogen) atoms. The third kappa shape index (κ3) is 12.0. The van der Waals surface area contributed by atoms with Gasteiger partial charge in [-0.2, -0.15) is 55.2 Å². The molecule has 0 unspecified atom stereocenters. The molecule has 0 aliphatic carbocycles. The van der Waals surface area contributed by atoms with E-state index in [4.69, 9.17) is 32.7 Å². The number of nitrogens with zero attached hydrogens (tertiary/aromatic N) is 10. The van der Waals surface area contributed by atoms with Gasteiger partial charge in [-0.15, -0.1) is 0 Å². The first-order valence-corrected chi connectivity index (χ1v) is 26.2. The molecule has 0 spiro atoms. The molecule has 4 heterocycles. The number of aliphatic hydroxyl groups excluding tert-OH is 4. The molecule has 2 aliphatic rings. The summed E-state index contributed by atoms with van der Waals surface area (Å²) in [7, 11) is -14.8. The number of rotatable bonds is 23. The van der Waals surface area contributed by atoms with Crippen LogP contribution in [0, 0.1) is 0 Å². The van der Waals surface area contributed by atoms with E-state index in [0.717, 1.165) is 6.07 Å². The standard InChI is InChI=1S/C38H43Cl2N13O15S3/c1-2-9-41-34-48-36(51-38(49-34)53(12-16-56)13-17-57)45-22-8-6-20-29(33(22)71(64,65)66)68-31-25(40)26-30(24(39)27(31)43-20)67-28-19(42-26)5-7-21(32(28)70(61,62)63)44-35-46-23(4-3-18-69(58,59)60)47-37(50-35)52(10-14-54)11-15-55/h5-8,54-57H,2-4,9-18H2,1H3,(H,58,59,60)(H,61,62,63)(H,64,65,66)(H,44,46,47,50)(H2,41,45,48,49,51). The quantitative estimate of drug-likeness (QED) is 0.0407. The molecule has 382 valence electrons. The molecule has 7 rings (SSSR count). The lowest BCUT2D eigenvalue weighted by atomic mass is 10.2. The van der Waals surface area contributed by atoms with Gasteiger partial charge < -0.3 is 55.7 Å². The number of benzene rings is 3. The number of nitrogens with one attached hydrogen (secondary N) is 3. The van der Waals surface area contributed by atoms with Gasteiger partial charge in [-0.3, -0.25) is 13.7 Å². The first kappa shape index (κ1) is 52.8. The topological polar surface area (TPSA) is 407 Å². The summed E-state index contributed by atoms with van der Waals surface area (Å²) in [6.07, 6.45) is 0.383. The van der Waals surface area contributed by atoms with E-state index in [-0.39, 0.29) is 137 Å². The second kappa shape index (κ2) is 21.8. The van der Waals surface area contributed by atoms with Crippen LogP contribution in [0.1, 0.15) is 25.6 Å². The highest BCUT2D eigenvalue weighted by Crippen LogP contribution is 2.49. The molecule has 28 nitrogen and oxygen atoms in total. The van der Waals surface area contributed by atoms with Crippen LogP contribution in [0.15, 0.2) is 44.0 Å². The maximum atomic E-state index is 13.2. The highest BCUT2D eigenvalue weighted by atomic mass is 35.5. The highest BCUT2D eigenvalue weighted by Gasteiger charge is 2.35. The van der Waals surface area contributed by atoms with Gasteiger partial charge in [0.2, 0.25) is 29.7 Å². The SMILES string of the molecule is CCCNc1nc(Nc2ccc3c(c2S(=O)(=O)O)Oc2c(Cl)c4c(c(Cl)c2=N3)Oc2c(ccc(Nc3nc(CCCS(=O)(=O)O)nc(N(CCO)CCO)n3)c2S(=O)(=O)O)N=4)nc(N(CCO)CCO)n1. The molecule has 10 N–H and O–H groups in total. The summed E-state index contributed by atoms with van der Waals surface area (Å²) in [4.78, 5) is 35.8. The van der Waals surface area contributed by atoms with Crippen LogP contribution < -0.4 is 45.9 Å². The van der Waals surface area contributed by atoms with E-state index in [1.54, 1.807) is 0 Å². The molecule has 0 bridgehead atoms. The summed E-state index contributed by atoms with van der Waals surface area (Å²) in [6, 6.07) is 4.89. The van der Waals surface area contributed by atoms with Gasteiger partial charge in [-0.1, -0.05) is 30.1 Å². The molecule has 33 heteroatoms. The molecule has 5 aromatic rings. The molecule has 0 saturated carbocycles. The number of hydrogen-bond acceptors (Lipinski definition) is 25. The van der Waals surface area contributed by atoms with Crippen molar-refractivity contribution in [1.29, 1.82) is 0 Å².